The molecule has 10 atom stereocenters. The summed E-state index contributed by atoms with van der Waals surface area (Å²) in [7, 11) is 0. The van der Waals surface area contributed by atoms with E-state index >= 15 is 0 Å². The molecule has 1 N–H and O–H groups in total. The predicted octanol–water partition coefficient (Wildman–Crippen LogP) is 8.24. The molecule has 0 spiro atoms. The van der Waals surface area contributed by atoms with E-state index in [-0.39, 0.29) is 59.2 Å². The van der Waals surface area contributed by atoms with E-state index in [9.17, 15) is 40.6 Å². The monoisotopic (exact) mass is 654 g/mol. The van der Waals surface area contributed by atoms with Gasteiger partial charge in [-0.25, -0.2) is 4.39 Å². The predicted molar refractivity (Wildman–Crippen MR) is 134 cm³/mol. The molecule has 0 bridgehead atoms. The van der Waals surface area contributed by atoms with Crippen molar-refractivity contribution in [1.82, 2.24) is 0 Å². The van der Waals surface area contributed by atoms with Crippen LogP contribution in [0.2, 0.25) is 0 Å². The van der Waals surface area contributed by atoms with Crippen LogP contribution >= 0.6 is 22.6 Å². The lowest BCUT2D eigenvalue weighted by Gasteiger charge is -2.60. The summed E-state index contributed by atoms with van der Waals surface area (Å²) >= 11 is 1.51. The summed E-state index contributed by atoms with van der Waals surface area (Å²) in [6.45, 7) is 6.20. The van der Waals surface area contributed by atoms with Gasteiger partial charge in [0.1, 0.15) is 5.78 Å². The van der Waals surface area contributed by atoms with E-state index in [1.54, 1.807) is 6.92 Å². The molecule has 0 aromatic rings. The van der Waals surface area contributed by atoms with E-state index in [1.807, 2.05) is 0 Å². The molecule has 4 aliphatic carbocycles. The molecule has 0 aliphatic heterocycles. The first kappa shape index (κ1) is 29.8. The SMILES string of the molecule is C[C@H](CC(I)CC(F)(C(F)(F)F)C(F)(F)F)[C@H]1CC(=O)[C@H]2[C@@H]3CC[C@H]4C[C@@H](O)CC[C@]4(C)[C@H]3CC[C@]12C. The maximum Gasteiger partial charge on any atom is 0.431 e. The number of carbonyl (C=O) groups excluding carboxylic acids is 1. The van der Waals surface area contributed by atoms with Crippen LogP contribution in [0.25, 0.3) is 0 Å². The molecule has 10 heteroatoms. The zero-order valence-corrected chi connectivity index (χ0v) is 23.7. The van der Waals surface area contributed by atoms with Crippen LogP contribution in [0.5, 0.6) is 0 Å². The van der Waals surface area contributed by atoms with Crippen molar-refractivity contribution >= 4 is 28.4 Å². The molecule has 0 saturated heterocycles. The van der Waals surface area contributed by atoms with E-state index in [0.29, 0.717) is 11.8 Å². The Morgan fingerprint density at radius 3 is 2.16 bits per heavy atom. The maximum atomic E-state index is 14.3. The Hall–Kier alpha value is -0.130. The summed E-state index contributed by atoms with van der Waals surface area (Å²) in [5.41, 5.74) is -5.52. The first-order valence-corrected chi connectivity index (χ1v) is 14.8. The van der Waals surface area contributed by atoms with E-state index in [2.05, 4.69) is 13.8 Å². The van der Waals surface area contributed by atoms with E-state index in [1.165, 1.54) is 22.6 Å². The average molecular weight is 654 g/mol. The van der Waals surface area contributed by atoms with Gasteiger partial charge in [-0.15, -0.1) is 0 Å². The van der Waals surface area contributed by atoms with Gasteiger partial charge in [0.05, 0.1) is 6.10 Å². The Kier molecular flexibility index (Phi) is 7.87. The lowest BCUT2D eigenvalue weighted by Crippen LogP contribution is -2.55. The van der Waals surface area contributed by atoms with E-state index in [0.717, 1.165) is 44.9 Å². The number of halogens is 8. The summed E-state index contributed by atoms with van der Waals surface area (Å²) in [6.07, 6.45) is -7.60. The lowest BCUT2D eigenvalue weighted by atomic mass is 9.44. The fraction of sp³-hybridized carbons (Fsp3) is 0.963. The minimum atomic E-state index is -6.04. The molecule has 1 unspecified atom stereocenters. The van der Waals surface area contributed by atoms with Crippen LogP contribution in [-0.2, 0) is 4.79 Å². The van der Waals surface area contributed by atoms with Crippen molar-refractivity contribution in [3.8, 4) is 0 Å². The molecule has 0 radical (unpaired) electrons. The summed E-state index contributed by atoms with van der Waals surface area (Å²) in [5.74, 6) is 0.620. The third-order valence-electron chi connectivity index (χ3n) is 11.2. The fourth-order valence-corrected chi connectivity index (χ4v) is 10.7. The molecule has 0 aromatic heterocycles. The van der Waals surface area contributed by atoms with Gasteiger partial charge in [0.25, 0.3) is 5.67 Å². The summed E-state index contributed by atoms with van der Waals surface area (Å²) in [6, 6.07) is 0. The number of aliphatic hydroxyl groups is 1. The second kappa shape index (κ2) is 9.75. The van der Waals surface area contributed by atoms with Crippen LogP contribution in [0.15, 0.2) is 0 Å². The second-order valence-electron chi connectivity index (χ2n) is 13.1. The van der Waals surface area contributed by atoms with Crippen LogP contribution in [0.4, 0.5) is 30.7 Å². The molecular formula is C27H38F7IO2. The summed E-state index contributed by atoms with van der Waals surface area (Å²) < 4.78 is 91.8. The summed E-state index contributed by atoms with van der Waals surface area (Å²) in [4.78, 5) is 13.5. The Morgan fingerprint density at radius 1 is 0.973 bits per heavy atom. The lowest BCUT2D eigenvalue weighted by molar-refractivity contribution is -0.343. The van der Waals surface area contributed by atoms with Crippen molar-refractivity contribution in [3.63, 3.8) is 0 Å². The smallest absolute Gasteiger partial charge is 0.393 e. The zero-order chi connectivity index (χ0) is 27.8. The quantitative estimate of drug-likeness (QED) is 0.184. The number of alkyl halides is 8. The third-order valence-corrected chi connectivity index (χ3v) is 12.1. The molecule has 4 aliphatic rings. The first-order chi connectivity index (χ1) is 16.8. The van der Waals surface area contributed by atoms with Gasteiger partial charge < -0.3 is 5.11 Å². The van der Waals surface area contributed by atoms with Crippen LogP contribution in [-0.4, -0.2) is 38.9 Å². The molecule has 4 saturated carbocycles. The fourth-order valence-electron chi connectivity index (χ4n) is 9.27. The molecule has 2 nitrogen and oxygen atoms in total. The molecule has 214 valence electrons. The molecular weight excluding hydrogens is 616 g/mol. The van der Waals surface area contributed by atoms with Gasteiger partial charge in [-0.2, -0.15) is 26.3 Å². The molecule has 0 amide bonds. The van der Waals surface area contributed by atoms with Gasteiger partial charge in [-0.05, 0) is 91.8 Å². The van der Waals surface area contributed by atoms with Gasteiger partial charge in [0, 0.05) is 22.7 Å². The van der Waals surface area contributed by atoms with Crippen molar-refractivity contribution in [2.45, 2.75) is 113 Å². The van der Waals surface area contributed by atoms with Gasteiger partial charge in [0.15, 0.2) is 0 Å². The van der Waals surface area contributed by atoms with Crippen LogP contribution < -0.4 is 0 Å². The van der Waals surface area contributed by atoms with Gasteiger partial charge in [-0.1, -0.05) is 43.4 Å². The standard InChI is InChI=1S/C27H38F7IO2/c1-14(10-16(35)13-25(28,26(29,30)31)27(32,33)34)20-12-21(37)22-18-5-4-15-11-17(36)6-8-23(15,2)19(18)7-9-24(20,22)3/h14-20,22,36H,4-13H2,1-3H3/t14-,15+,16?,17+,18-,19+,20-,22-,23+,24-/m1/s1. The Labute approximate surface area is 228 Å². The molecule has 4 rings (SSSR count). The largest absolute Gasteiger partial charge is 0.431 e. The average Bonchev–Trinajstić information content (AvgIpc) is 3.03. The molecule has 0 heterocycles. The molecule has 37 heavy (non-hydrogen) atoms. The highest BCUT2D eigenvalue weighted by Crippen LogP contribution is 2.67. The van der Waals surface area contributed by atoms with Gasteiger partial charge >= 0.3 is 12.4 Å². The zero-order valence-electron chi connectivity index (χ0n) is 21.6. The van der Waals surface area contributed by atoms with E-state index in [4.69, 9.17) is 0 Å². The van der Waals surface area contributed by atoms with Crippen molar-refractivity contribution in [1.29, 1.82) is 0 Å². The number of rotatable bonds is 5. The topological polar surface area (TPSA) is 37.3 Å². The molecule has 0 aromatic carbocycles. The van der Waals surface area contributed by atoms with Crippen molar-refractivity contribution < 1.29 is 40.6 Å². The number of ketones is 1. The van der Waals surface area contributed by atoms with Crippen LogP contribution in [0, 0.1) is 46.3 Å². The Morgan fingerprint density at radius 2 is 1.57 bits per heavy atom. The highest BCUT2D eigenvalue weighted by Gasteiger charge is 2.72. The van der Waals surface area contributed by atoms with Gasteiger partial charge in [-0.3, -0.25) is 4.79 Å². The van der Waals surface area contributed by atoms with E-state index < -0.39 is 28.4 Å². The first-order valence-electron chi connectivity index (χ1n) is 13.5. The van der Waals surface area contributed by atoms with Crippen molar-refractivity contribution in [2.24, 2.45) is 46.3 Å². The van der Waals surface area contributed by atoms with Crippen LogP contribution in [0.1, 0.15) is 85.0 Å². The number of aliphatic hydroxyl groups excluding tert-OH is 1. The Balaban J connectivity index is 1.50. The number of hydrogen-bond donors (Lipinski definition) is 1. The third kappa shape index (κ3) is 4.88. The number of carbonyl (C=O) groups is 1. The highest BCUT2D eigenvalue weighted by molar-refractivity contribution is 14.1. The second-order valence-corrected chi connectivity index (χ2v) is 14.9. The number of fused-ring (bicyclic) bond motifs is 5. The normalized spacial score (nSPS) is 42.5. The minimum Gasteiger partial charge on any atom is -0.393 e. The Bertz CT molecular complexity index is 862. The van der Waals surface area contributed by atoms with Crippen molar-refractivity contribution in [2.75, 3.05) is 0 Å². The summed E-state index contributed by atoms with van der Waals surface area (Å²) in [5, 5.41) is 10.2. The highest BCUT2D eigenvalue weighted by atomic mass is 127. The maximum absolute atomic E-state index is 14.3. The van der Waals surface area contributed by atoms with Crippen LogP contribution in [0.3, 0.4) is 0 Å². The van der Waals surface area contributed by atoms with Crippen molar-refractivity contribution in [3.05, 3.63) is 0 Å². The van der Waals surface area contributed by atoms with Gasteiger partial charge in [0.2, 0.25) is 0 Å². The number of Topliss-reactive ketones (excluding diaryl/α,β-unsaturated/α-hetero) is 1. The minimum absolute atomic E-state index is 0.00950. The number of hydrogen-bond acceptors (Lipinski definition) is 2. The molecule has 4 fully saturated rings.